The average Bonchev–Trinajstić information content (AvgIpc) is 2.44. The minimum atomic E-state index is -4.69. The molecule has 0 bridgehead atoms. The van der Waals surface area contributed by atoms with Gasteiger partial charge in [-0.15, -0.1) is 0 Å². The van der Waals surface area contributed by atoms with E-state index in [2.05, 4.69) is 0 Å². The van der Waals surface area contributed by atoms with E-state index in [9.17, 15) is 31.1 Å². The number of likely N-dealkylation sites (tertiary alicyclic amines) is 1. The van der Waals surface area contributed by atoms with E-state index in [0.29, 0.717) is 17.0 Å². The summed E-state index contributed by atoms with van der Waals surface area (Å²) in [6.07, 6.45) is -4.96. The molecule has 2 rings (SSSR count). The lowest BCUT2D eigenvalue weighted by atomic mass is 9.81. The summed E-state index contributed by atoms with van der Waals surface area (Å²) in [5, 5.41) is 0. The number of rotatable bonds is 2. The smallest absolute Gasteiger partial charge is 0.329 e. The SMILES string of the molecule is C[C@@H]1C(c2c(F)ccc(F)c2F)CC(N)C(=O)N1CC(F)(F)F. The zero-order valence-corrected chi connectivity index (χ0v) is 12.0. The highest BCUT2D eigenvalue weighted by Gasteiger charge is 2.45. The summed E-state index contributed by atoms with van der Waals surface area (Å²) in [7, 11) is 0. The fraction of sp³-hybridized carbons (Fsp3) is 0.500. The number of benzene rings is 1. The molecule has 128 valence electrons. The van der Waals surface area contributed by atoms with Crippen LogP contribution in [0, 0.1) is 17.5 Å². The zero-order valence-electron chi connectivity index (χ0n) is 12.0. The normalized spacial score (nSPS) is 25.8. The highest BCUT2D eigenvalue weighted by atomic mass is 19.4. The average molecular weight is 340 g/mol. The molecule has 0 spiro atoms. The van der Waals surface area contributed by atoms with Crippen molar-refractivity contribution in [2.24, 2.45) is 5.73 Å². The Bertz CT molecular complexity index is 618. The number of hydrogen-bond donors (Lipinski definition) is 1. The zero-order chi connectivity index (χ0) is 17.5. The molecular formula is C14H14F6N2O. The number of alkyl halides is 3. The number of carbonyl (C=O) groups is 1. The number of halogens is 6. The fourth-order valence-electron chi connectivity index (χ4n) is 2.86. The van der Waals surface area contributed by atoms with Crippen molar-refractivity contribution in [1.82, 2.24) is 4.90 Å². The Hall–Kier alpha value is -1.77. The molecule has 1 amide bonds. The van der Waals surface area contributed by atoms with Crippen LogP contribution in [0.5, 0.6) is 0 Å². The second kappa shape index (κ2) is 6.03. The van der Waals surface area contributed by atoms with Gasteiger partial charge in [-0.25, -0.2) is 13.2 Å². The van der Waals surface area contributed by atoms with E-state index < -0.39 is 59.6 Å². The molecule has 1 aliphatic heterocycles. The summed E-state index contributed by atoms with van der Waals surface area (Å²) >= 11 is 0. The first kappa shape index (κ1) is 17.6. The predicted octanol–water partition coefficient (Wildman–Crippen LogP) is 2.70. The van der Waals surface area contributed by atoms with Crippen LogP contribution in [-0.4, -0.2) is 35.6 Å². The van der Waals surface area contributed by atoms with Crippen LogP contribution in [0.4, 0.5) is 26.3 Å². The molecule has 9 heteroatoms. The quantitative estimate of drug-likeness (QED) is 0.665. The van der Waals surface area contributed by atoms with E-state index in [-0.39, 0.29) is 6.42 Å². The molecule has 1 fully saturated rings. The molecule has 1 aromatic carbocycles. The maximum Gasteiger partial charge on any atom is 0.406 e. The van der Waals surface area contributed by atoms with Gasteiger partial charge < -0.3 is 10.6 Å². The first-order valence-electron chi connectivity index (χ1n) is 6.79. The van der Waals surface area contributed by atoms with Gasteiger partial charge in [0.15, 0.2) is 11.6 Å². The molecule has 2 N–H and O–H groups in total. The van der Waals surface area contributed by atoms with Crippen molar-refractivity contribution in [3.63, 3.8) is 0 Å². The van der Waals surface area contributed by atoms with Crippen molar-refractivity contribution in [1.29, 1.82) is 0 Å². The predicted molar refractivity (Wildman–Crippen MR) is 68.9 cm³/mol. The standard InChI is InChI=1S/C14H14F6N2O/c1-6-7(11-8(15)2-3-9(16)12(11)17)4-10(21)13(23)22(6)5-14(18,19)20/h2-3,6-7,10H,4-5,21H2,1H3/t6-,7?,10?/m1/s1. The molecule has 2 unspecified atom stereocenters. The Kier molecular flexibility index (Phi) is 4.61. The minimum absolute atomic E-state index is 0.272. The van der Waals surface area contributed by atoms with Crippen molar-refractivity contribution in [2.75, 3.05) is 6.54 Å². The van der Waals surface area contributed by atoms with Crippen LogP contribution in [0.1, 0.15) is 24.8 Å². The largest absolute Gasteiger partial charge is 0.406 e. The molecule has 0 radical (unpaired) electrons. The van der Waals surface area contributed by atoms with Crippen molar-refractivity contribution in [3.8, 4) is 0 Å². The van der Waals surface area contributed by atoms with Crippen molar-refractivity contribution in [2.45, 2.75) is 37.5 Å². The maximum absolute atomic E-state index is 13.9. The Morgan fingerprint density at radius 1 is 1.22 bits per heavy atom. The highest BCUT2D eigenvalue weighted by molar-refractivity contribution is 5.83. The molecule has 0 aliphatic carbocycles. The molecule has 1 saturated heterocycles. The van der Waals surface area contributed by atoms with Gasteiger partial charge in [0.05, 0.1) is 6.04 Å². The number of carbonyl (C=O) groups excluding carboxylic acids is 1. The summed E-state index contributed by atoms with van der Waals surface area (Å²) in [5.41, 5.74) is 4.83. The first-order valence-corrected chi connectivity index (χ1v) is 6.79. The van der Waals surface area contributed by atoms with Crippen LogP contribution < -0.4 is 5.73 Å². The molecule has 1 aromatic rings. The van der Waals surface area contributed by atoms with Gasteiger partial charge in [-0.3, -0.25) is 4.79 Å². The maximum atomic E-state index is 13.9. The van der Waals surface area contributed by atoms with Gasteiger partial charge in [-0.1, -0.05) is 0 Å². The monoisotopic (exact) mass is 340 g/mol. The topological polar surface area (TPSA) is 46.3 Å². The van der Waals surface area contributed by atoms with Gasteiger partial charge in [0.1, 0.15) is 12.4 Å². The van der Waals surface area contributed by atoms with Gasteiger partial charge in [-0.05, 0) is 25.5 Å². The molecule has 0 aromatic heterocycles. The van der Waals surface area contributed by atoms with Gasteiger partial charge in [0.2, 0.25) is 5.91 Å². The first-order chi connectivity index (χ1) is 10.5. The summed E-state index contributed by atoms with van der Waals surface area (Å²) in [6.45, 7) is -0.361. The second-order valence-corrected chi connectivity index (χ2v) is 5.53. The van der Waals surface area contributed by atoms with Crippen molar-refractivity contribution in [3.05, 3.63) is 35.1 Å². The molecular weight excluding hydrogens is 326 g/mol. The van der Waals surface area contributed by atoms with Crippen LogP contribution in [0.3, 0.4) is 0 Å². The minimum Gasteiger partial charge on any atom is -0.329 e. The summed E-state index contributed by atoms with van der Waals surface area (Å²) in [6, 6.07) is -1.26. The molecule has 1 heterocycles. The number of nitrogens with zero attached hydrogens (tertiary/aromatic N) is 1. The number of piperidine rings is 1. The van der Waals surface area contributed by atoms with Crippen LogP contribution in [0.15, 0.2) is 12.1 Å². The summed E-state index contributed by atoms with van der Waals surface area (Å²) in [5.74, 6) is -6.02. The van der Waals surface area contributed by atoms with E-state index >= 15 is 0 Å². The lowest BCUT2D eigenvalue weighted by Gasteiger charge is -2.42. The Morgan fingerprint density at radius 2 is 1.78 bits per heavy atom. The van der Waals surface area contributed by atoms with Crippen molar-refractivity contribution >= 4 is 5.91 Å². The van der Waals surface area contributed by atoms with Crippen LogP contribution in [0.2, 0.25) is 0 Å². The Balaban J connectivity index is 2.44. The van der Waals surface area contributed by atoms with Gasteiger partial charge in [0, 0.05) is 17.5 Å². The molecule has 0 saturated carbocycles. The molecule has 1 aliphatic rings. The molecule has 3 atom stereocenters. The second-order valence-electron chi connectivity index (χ2n) is 5.53. The Morgan fingerprint density at radius 3 is 2.35 bits per heavy atom. The molecule has 23 heavy (non-hydrogen) atoms. The van der Waals surface area contributed by atoms with Gasteiger partial charge >= 0.3 is 6.18 Å². The molecule has 3 nitrogen and oxygen atoms in total. The number of hydrogen-bond acceptors (Lipinski definition) is 2. The number of nitrogens with two attached hydrogens (primary N) is 1. The Labute approximate surface area is 128 Å². The third-order valence-corrected chi connectivity index (χ3v) is 3.98. The third kappa shape index (κ3) is 3.44. The van der Waals surface area contributed by atoms with E-state index in [1.807, 2.05) is 0 Å². The van der Waals surface area contributed by atoms with E-state index in [4.69, 9.17) is 5.73 Å². The summed E-state index contributed by atoms with van der Waals surface area (Å²) in [4.78, 5) is 12.3. The van der Waals surface area contributed by atoms with E-state index in [1.165, 1.54) is 6.92 Å². The lowest BCUT2D eigenvalue weighted by molar-refractivity contribution is -0.170. The van der Waals surface area contributed by atoms with Crippen LogP contribution in [-0.2, 0) is 4.79 Å². The lowest BCUT2D eigenvalue weighted by Crippen LogP contribution is -2.57. The van der Waals surface area contributed by atoms with E-state index in [1.54, 1.807) is 0 Å². The van der Waals surface area contributed by atoms with Crippen LogP contribution in [0.25, 0.3) is 0 Å². The van der Waals surface area contributed by atoms with E-state index in [0.717, 1.165) is 0 Å². The third-order valence-electron chi connectivity index (χ3n) is 3.98. The van der Waals surface area contributed by atoms with Crippen molar-refractivity contribution < 1.29 is 31.1 Å². The van der Waals surface area contributed by atoms with Crippen LogP contribution >= 0.6 is 0 Å². The number of amides is 1. The van der Waals surface area contributed by atoms with Gasteiger partial charge in [-0.2, -0.15) is 13.2 Å². The fourth-order valence-corrected chi connectivity index (χ4v) is 2.86. The van der Waals surface area contributed by atoms with Gasteiger partial charge in [0.25, 0.3) is 0 Å². The highest BCUT2D eigenvalue weighted by Crippen LogP contribution is 2.37. The summed E-state index contributed by atoms with van der Waals surface area (Å²) < 4.78 is 79.1.